The topological polar surface area (TPSA) is 33.5 Å². The summed E-state index contributed by atoms with van der Waals surface area (Å²) in [4.78, 5) is 0. The molecule has 0 fully saturated rings. The van der Waals surface area contributed by atoms with Crippen LogP contribution in [-0.2, 0) is 21.7 Å². The van der Waals surface area contributed by atoms with Gasteiger partial charge in [-0.05, 0) is 0 Å². The van der Waals surface area contributed by atoms with Crippen molar-refractivity contribution in [3.05, 3.63) is 107 Å². The third-order valence-electron chi connectivity index (χ3n) is 4.03. The van der Waals surface area contributed by atoms with E-state index >= 15 is 0 Å². The molecule has 0 unspecified atom stereocenters. The molecular formula is C22H29Cl2NTi. The van der Waals surface area contributed by atoms with Gasteiger partial charge < -0.3 is 6.15 Å². The molecule has 0 aliphatic rings. The number of benzene rings is 2. The molecule has 3 aromatic carbocycles. The van der Waals surface area contributed by atoms with E-state index < -0.39 is 0 Å². The van der Waals surface area contributed by atoms with Crippen LogP contribution in [0.2, 0.25) is 0 Å². The smallest absolute Gasteiger partial charge is 0.693 e. The zero-order valence-electron chi connectivity index (χ0n) is 16.2. The van der Waals surface area contributed by atoms with E-state index in [-0.39, 0.29) is 52.7 Å². The Morgan fingerprint density at radius 3 is 0.962 bits per heavy atom. The second kappa shape index (κ2) is 18.8. The minimum absolute atomic E-state index is 0. The molecule has 3 rings (SSSR count). The van der Waals surface area contributed by atoms with E-state index in [4.69, 9.17) is 0 Å². The van der Waals surface area contributed by atoms with Gasteiger partial charge in [0.15, 0.2) is 0 Å². The minimum atomic E-state index is 0. The monoisotopic (exact) mass is 425 g/mol. The van der Waals surface area contributed by atoms with Crippen molar-refractivity contribution in [2.45, 2.75) is 34.6 Å². The average molecular weight is 426 g/mol. The number of hydrogen-bond donors (Lipinski definition) is 0. The maximum absolute atomic E-state index is 2.89. The van der Waals surface area contributed by atoms with Gasteiger partial charge in [0, 0.05) is 0 Å². The summed E-state index contributed by atoms with van der Waals surface area (Å²) in [6, 6.07) is 25.0. The molecule has 0 bridgehead atoms. The molecule has 3 aromatic rings. The molecule has 0 aliphatic carbocycles. The van der Waals surface area contributed by atoms with Crippen LogP contribution in [0, 0.1) is 46.8 Å². The molecule has 0 spiro atoms. The molecule has 0 saturated heterocycles. The van der Waals surface area contributed by atoms with Crippen LogP contribution >= 0.6 is 24.8 Å². The first kappa shape index (κ1) is 32.7. The van der Waals surface area contributed by atoms with Crippen molar-refractivity contribution in [2.24, 2.45) is 0 Å². The molecular weight excluding hydrogens is 397 g/mol. The molecule has 0 heterocycles. The summed E-state index contributed by atoms with van der Waals surface area (Å²) in [6.45, 7) is 11.0. The number of hydrogen-bond acceptors (Lipinski definition) is 0. The number of rotatable bonds is 0. The Bertz CT molecular complexity index is 488. The van der Waals surface area contributed by atoms with Crippen molar-refractivity contribution in [3.63, 3.8) is 0 Å². The van der Waals surface area contributed by atoms with Gasteiger partial charge in [0.2, 0.25) is 0 Å². The van der Waals surface area contributed by atoms with Crippen molar-refractivity contribution in [3.8, 4) is 0 Å². The number of halogens is 2. The van der Waals surface area contributed by atoms with Gasteiger partial charge in [-0.1, -0.05) is 34.6 Å². The van der Waals surface area contributed by atoms with E-state index in [9.17, 15) is 0 Å². The van der Waals surface area contributed by atoms with Gasteiger partial charge >= 0.3 is 21.7 Å². The third kappa shape index (κ3) is 11.6. The van der Waals surface area contributed by atoms with Crippen LogP contribution in [0.5, 0.6) is 0 Å². The quantitative estimate of drug-likeness (QED) is 0.264. The van der Waals surface area contributed by atoms with Crippen LogP contribution in [0.4, 0.5) is 0 Å². The van der Waals surface area contributed by atoms with E-state index in [2.05, 4.69) is 46.8 Å². The summed E-state index contributed by atoms with van der Waals surface area (Å²) in [5.41, 5.74) is 7.34. The molecule has 1 nitrogen and oxygen atoms in total. The summed E-state index contributed by atoms with van der Waals surface area (Å²) >= 11 is 0. The van der Waals surface area contributed by atoms with Crippen molar-refractivity contribution in [2.75, 3.05) is 0 Å². The fraction of sp³-hybridized carbons (Fsp3) is 0.227. The Morgan fingerprint density at radius 2 is 0.885 bits per heavy atom. The maximum Gasteiger partial charge on any atom is 4.00 e. The Hall–Kier alpha value is -0.956. The first-order valence-electron chi connectivity index (χ1n) is 7.57. The Balaban J connectivity index is -0.000000135. The zero-order valence-corrected chi connectivity index (χ0v) is 19.4. The molecule has 0 radical (unpaired) electrons. The van der Waals surface area contributed by atoms with E-state index in [0.29, 0.717) is 0 Å². The van der Waals surface area contributed by atoms with Gasteiger partial charge in [-0.3, -0.25) is 0 Å². The van der Waals surface area contributed by atoms with Crippen LogP contribution in [-0.4, -0.2) is 0 Å². The molecule has 26 heavy (non-hydrogen) atoms. The van der Waals surface area contributed by atoms with Crippen LogP contribution in [0.15, 0.2) is 60.7 Å². The van der Waals surface area contributed by atoms with Crippen molar-refractivity contribution in [1.82, 2.24) is 0 Å². The fourth-order valence-electron chi connectivity index (χ4n) is 2.09. The Kier molecular flexibility index (Phi) is 23.7. The standard InChI is InChI=1S/C10H15.2C6H5.2ClH.H2N.Ti/c1-6-7(2)9(4)10(5)8(6)3;2*1-2-4-6-5-3-1;;;;/h1-5H3;2*1-5H;2*1H;1H2;/q3*-1;;;-1;+4. The second-order valence-corrected chi connectivity index (χ2v) is 5.28. The molecule has 0 aromatic heterocycles. The van der Waals surface area contributed by atoms with Gasteiger partial charge in [0.25, 0.3) is 0 Å². The van der Waals surface area contributed by atoms with Gasteiger partial charge in [0.1, 0.15) is 0 Å². The molecule has 0 saturated carbocycles. The summed E-state index contributed by atoms with van der Waals surface area (Å²) < 4.78 is 0. The Labute approximate surface area is 187 Å². The van der Waals surface area contributed by atoms with Crippen molar-refractivity contribution < 1.29 is 21.7 Å². The van der Waals surface area contributed by atoms with Crippen LogP contribution in [0.25, 0.3) is 6.15 Å². The van der Waals surface area contributed by atoms with Crippen molar-refractivity contribution >= 4 is 24.8 Å². The van der Waals surface area contributed by atoms with Crippen LogP contribution < -0.4 is 0 Å². The normalized spacial score (nSPS) is 7.73. The van der Waals surface area contributed by atoms with E-state index in [1.165, 1.54) is 27.8 Å². The predicted molar refractivity (Wildman–Crippen MR) is 116 cm³/mol. The molecule has 0 aliphatic heterocycles. The first-order chi connectivity index (χ1) is 10.6. The van der Waals surface area contributed by atoms with Gasteiger partial charge in [-0.15, -0.1) is 24.8 Å². The molecule has 0 atom stereocenters. The third-order valence-corrected chi connectivity index (χ3v) is 4.03. The average Bonchev–Trinajstić information content (AvgIpc) is 2.77. The number of nitrogens with two attached hydrogens (primary N) is 1. The van der Waals surface area contributed by atoms with Crippen LogP contribution in [0.1, 0.15) is 27.8 Å². The fourth-order valence-corrected chi connectivity index (χ4v) is 2.09. The summed E-state index contributed by atoms with van der Waals surface area (Å²) in [5.74, 6) is 0. The Morgan fingerprint density at radius 1 is 0.615 bits per heavy atom. The largest absolute Gasteiger partial charge is 4.00 e. The second-order valence-electron chi connectivity index (χ2n) is 5.28. The summed E-state index contributed by atoms with van der Waals surface area (Å²) in [6.07, 6.45) is 0. The minimum Gasteiger partial charge on any atom is -0.693 e. The van der Waals surface area contributed by atoms with Gasteiger partial charge in [-0.25, -0.2) is 0 Å². The van der Waals surface area contributed by atoms with E-state index in [1.54, 1.807) is 0 Å². The zero-order chi connectivity index (χ0) is 16.4. The molecule has 0 amide bonds. The predicted octanol–water partition coefficient (Wildman–Crippen LogP) is 7.48. The maximum atomic E-state index is 2.89. The van der Waals surface area contributed by atoms with Gasteiger partial charge in [0.05, 0.1) is 0 Å². The van der Waals surface area contributed by atoms with Gasteiger partial charge in [-0.2, -0.15) is 101 Å². The SMILES string of the molecule is Cc1c(C)c(C)[c-](C)c1C.Cl.Cl.[NH2-].[Ti+4].[c-]1ccccc1.[c-]1ccccc1. The molecule has 140 valence electrons. The first-order valence-corrected chi connectivity index (χ1v) is 7.57. The summed E-state index contributed by atoms with van der Waals surface area (Å²) in [7, 11) is 0. The molecule has 2 N–H and O–H groups in total. The summed E-state index contributed by atoms with van der Waals surface area (Å²) in [5, 5.41) is 0. The van der Waals surface area contributed by atoms with Crippen molar-refractivity contribution in [1.29, 1.82) is 0 Å². The van der Waals surface area contributed by atoms with Crippen LogP contribution in [0.3, 0.4) is 0 Å². The van der Waals surface area contributed by atoms with E-state index in [1.807, 2.05) is 60.7 Å². The molecule has 4 heteroatoms. The van der Waals surface area contributed by atoms with E-state index in [0.717, 1.165) is 0 Å².